The van der Waals surface area contributed by atoms with Crippen LogP contribution in [0.2, 0.25) is 0 Å². The Morgan fingerprint density at radius 2 is 2.50 bits per heavy atom. The lowest BCUT2D eigenvalue weighted by molar-refractivity contribution is 0.176. The second kappa shape index (κ2) is 4.08. The van der Waals surface area contributed by atoms with Crippen LogP contribution in [0.3, 0.4) is 0 Å². The molecule has 1 aliphatic rings. The van der Waals surface area contributed by atoms with Gasteiger partial charge in [0.25, 0.3) is 0 Å². The van der Waals surface area contributed by atoms with Gasteiger partial charge in [0, 0.05) is 7.11 Å². The Labute approximate surface area is 96.6 Å². The molecule has 1 saturated heterocycles. The van der Waals surface area contributed by atoms with Crippen LogP contribution in [0.15, 0.2) is 0 Å². The van der Waals surface area contributed by atoms with E-state index in [1.54, 1.807) is 23.0 Å². The van der Waals surface area contributed by atoms with Crippen LogP contribution in [0, 0.1) is 0 Å². The standard InChI is InChI=1S/C9H13N5OS/c1-15-5-7-11-12-9-14(7)13-8(16-9)6-3-2-4-10-6/h6,10H,2-5H2,1H3. The predicted molar refractivity (Wildman–Crippen MR) is 59.3 cm³/mol. The van der Waals surface area contributed by atoms with Gasteiger partial charge < -0.3 is 10.1 Å². The van der Waals surface area contributed by atoms with Crippen LogP contribution in [0.5, 0.6) is 0 Å². The van der Waals surface area contributed by atoms with Gasteiger partial charge >= 0.3 is 0 Å². The van der Waals surface area contributed by atoms with E-state index in [2.05, 4.69) is 20.6 Å². The van der Waals surface area contributed by atoms with Crippen molar-refractivity contribution in [1.82, 2.24) is 25.1 Å². The highest BCUT2D eigenvalue weighted by Crippen LogP contribution is 2.26. The highest BCUT2D eigenvalue weighted by Gasteiger charge is 2.21. The fraction of sp³-hybridized carbons (Fsp3) is 0.667. The minimum atomic E-state index is 0.391. The van der Waals surface area contributed by atoms with E-state index in [1.807, 2.05) is 0 Å². The van der Waals surface area contributed by atoms with Gasteiger partial charge in [-0.25, -0.2) is 0 Å². The Hall–Kier alpha value is -1.05. The largest absolute Gasteiger partial charge is 0.377 e. The molecule has 16 heavy (non-hydrogen) atoms. The lowest BCUT2D eigenvalue weighted by Crippen LogP contribution is -2.13. The average molecular weight is 239 g/mol. The topological polar surface area (TPSA) is 64.3 Å². The monoisotopic (exact) mass is 239 g/mol. The third kappa shape index (κ3) is 1.60. The molecule has 0 bridgehead atoms. The molecule has 7 heteroatoms. The minimum Gasteiger partial charge on any atom is -0.377 e. The maximum atomic E-state index is 5.05. The molecule has 1 atom stereocenters. The molecule has 2 aromatic heterocycles. The van der Waals surface area contributed by atoms with Crippen molar-refractivity contribution < 1.29 is 4.74 Å². The number of nitrogens with zero attached hydrogens (tertiary/aromatic N) is 4. The molecule has 0 saturated carbocycles. The minimum absolute atomic E-state index is 0.391. The summed E-state index contributed by atoms with van der Waals surface area (Å²) < 4.78 is 6.84. The second-order valence-electron chi connectivity index (χ2n) is 3.83. The molecule has 3 heterocycles. The number of fused-ring (bicyclic) bond motifs is 1. The zero-order chi connectivity index (χ0) is 11.0. The number of hydrogen-bond acceptors (Lipinski definition) is 6. The van der Waals surface area contributed by atoms with E-state index >= 15 is 0 Å². The van der Waals surface area contributed by atoms with Crippen molar-refractivity contribution in [2.24, 2.45) is 0 Å². The maximum Gasteiger partial charge on any atom is 0.234 e. The molecule has 0 aliphatic carbocycles. The van der Waals surface area contributed by atoms with E-state index in [9.17, 15) is 0 Å². The van der Waals surface area contributed by atoms with Gasteiger partial charge in [0.2, 0.25) is 4.96 Å². The molecule has 1 aliphatic heterocycles. The van der Waals surface area contributed by atoms with Crippen LogP contribution in [0.4, 0.5) is 0 Å². The smallest absolute Gasteiger partial charge is 0.234 e. The lowest BCUT2D eigenvalue weighted by atomic mass is 10.2. The molecule has 0 spiro atoms. The van der Waals surface area contributed by atoms with Gasteiger partial charge in [0.05, 0.1) is 6.04 Å². The zero-order valence-electron chi connectivity index (χ0n) is 9.01. The number of hydrogen-bond donors (Lipinski definition) is 1. The zero-order valence-corrected chi connectivity index (χ0v) is 9.83. The van der Waals surface area contributed by atoms with E-state index in [0.29, 0.717) is 12.6 Å². The van der Waals surface area contributed by atoms with Gasteiger partial charge in [0.1, 0.15) is 11.6 Å². The van der Waals surface area contributed by atoms with Crippen LogP contribution in [-0.2, 0) is 11.3 Å². The van der Waals surface area contributed by atoms with E-state index in [4.69, 9.17) is 4.74 Å². The van der Waals surface area contributed by atoms with Gasteiger partial charge in [-0.3, -0.25) is 0 Å². The summed E-state index contributed by atoms with van der Waals surface area (Å²) in [7, 11) is 1.65. The number of nitrogens with one attached hydrogen (secondary N) is 1. The van der Waals surface area contributed by atoms with E-state index in [0.717, 1.165) is 28.8 Å². The maximum absolute atomic E-state index is 5.05. The summed E-state index contributed by atoms with van der Waals surface area (Å²) in [6, 6.07) is 0.391. The Balaban J connectivity index is 1.95. The molecule has 0 radical (unpaired) electrons. The summed E-state index contributed by atoms with van der Waals surface area (Å²) in [5, 5.41) is 17.2. The first-order valence-electron chi connectivity index (χ1n) is 5.32. The third-order valence-electron chi connectivity index (χ3n) is 2.70. The van der Waals surface area contributed by atoms with Crippen LogP contribution in [-0.4, -0.2) is 33.5 Å². The number of rotatable bonds is 3. The molecule has 2 aromatic rings. The number of ether oxygens (including phenoxy) is 1. The van der Waals surface area contributed by atoms with Gasteiger partial charge in [-0.05, 0) is 19.4 Å². The number of methoxy groups -OCH3 is 1. The molecule has 0 aromatic carbocycles. The summed E-state index contributed by atoms with van der Waals surface area (Å²) in [4.78, 5) is 0.843. The Bertz CT molecular complexity index is 487. The molecule has 6 nitrogen and oxygen atoms in total. The van der Waals surface area contributed by atoms with Crippen LogP contribution in [0.25, 0.3) is 4.96 Å². The van der Waals surface area contributed by atoms with Crippen LogP contribution < -0.4 is 5.32 Å². The van der Waals surface area contributed by atoms with Crippen molar-refractivity contribution in [3.05, 3.63) is 10.8 Å². The fourth-order valence-electron chi connectivity index (χ4n) is 1.93. The van der Waals surface area contributed by atoms with Crippen LogP contribution >= 0.6 is 11.3 Å². The molecule has 1 N–H and O–H groups in total. The van der Waals surface area contributed by atoms with Gasteiger partial charge in [-0.2, -0.15) is 9.61 Å². The SMILES string of the molecule is COCc1nnc2sc(C3CCCN3)nn12. The molecule has 3 rings (SSSR count). The van der Waals surface area contributed by atoms with Gasteiger partial charge in [-0.1, -0.05) is 11.3 Å². The predicted octanol–water partition coefficient (Wildman–Crippen LogP) is 0.757. The van der Waals surface area contributed by atoms with Crippen molar-refractivity contribution in [3.8, 4) is 0 Å². The van der Waals surface area contributed by atoms with E-state index in [-0.39, 0.29) is 0 Å². The molecule has 86 valence electrons. The quantitative estimate of drug-likeness (QED) is 0.856. The van der Waals surface area contributed by atoms with Crippen molar-refractivity contribution in [2.45, 2.75) is 25.5 Å². The highest BCUT2D eigenvalue weighted by atomic mass is 32.1. The fourth-order valence-corrected chi connectivity index (χ4v) is 2.89. The first kappa shape index (κ1) is 10.1. The number of aromatic nitrogens is 4. The summed E-state index contributed by atoms with van der Waals surface area (Å²) in [6.07, 6.45) is 2.37. The Morgan fingerprint density at radius 3 is 3.25 bits per heavy atom. The first-order chi connectivity index (χ1) is 7.88. The van der Waals surface area contributed by atoms with Crippen molar-refractivity contribution in [2.75, 3.05) is 13.7 Å². The summed E-state index contributed by atoms with van der Waals surface area (Å²) in [5.41, 5.74) is 0. The van der Waals surface area contributed by atoms with E-state index in [1.165, 1.54) is 6.42 Å². The molecule has 0 amide bonds. The van der Waals surface area contributed by atoms with E-state index < -0.39 is 0 Å². The summed E-state index contributed by atoms with van der Waals surface area (Å²) in [5.74, 6) is 0.762. The molecular weight excluding hydrogens is 226 g/mol. The molecular formula is C9H13N5OS. The van der Waals surface area contributed by atoms with Gasteiger partial charge in [0.15, 0.2) is 5.82 Å². The van der Waals surface area contributed by atoms with Crippen LogP contribution in [0.1, 0.15) is 29.7 Å². The summed E-state index contributed by atoms with van der Waals surface area (Å²) >= 11 is 1.60. The summed E-state index contributed by atoms with van der Waals surface area (Å²) in [6.45, 7) is 1.53. The first-order valence-corrected chi connectivity index (χ1v) is 6.13. The third-order valence-corrected chi connectivity index (χ3v) is 3.72. The van der Waals surface area contributed by atoms with Crippen molar-refractivity contribution in [3.63, 3.8) is 0 Å². The Morgan fingerprint density at radius 1 is 1.56 bits per heavy atom. The molecule has 1 unspecified atom stereocenters. The molecule has 1 fully saturated rings. The Kier molecular flexibility index (Phi) is 2.58. The van der Waals surface area contributed by atoms with Crippen molar-refractivity contribution in [1.29, 1.82) is 0 Å². The second-order valence-corrected chi connectivity index (χ2v) is 4.82. The normalized spacial score (nSPS) is 20.9. The average Bonchev–Trinajstić information content (AvgIpc) is 2.93. The highest BCUT2D eigenvalue weighted by molar-refractivity contribution is 7.16. The van der Waals surface area contributed by atoms with Gasteiger partial charge in [-0.15, -0.1) is 10.2 Å². The van der Waals surface area contributed by atoms with Crippen molar-refractivity contribution >= 4 is 16.3 Å². The lowest BCUT2D eigenvalue weighted by Gasteiger charge is -2.03.